The highest BCUT2D eigenvalue weighted by Crippen LogP contribution is 2.37. The van der Waals surface area contributed by atoms with Gasteiger partial charge in [0.1, 0.15) is 18.9 Å². The molecule has 3 aliphatic carbocycles. The smallest absolute Gasteiger partial charge is 0.120 e. The molecule has 0 heterocycles. The van der Waals surface area contributed by atoms with Gasteiger partial charge in [-0.25, -0.2) is 0 Å². The van der Waals surface area contributed by atoms with E-state index in [0.717, 1.165) is 86.5 Å². The van der Waals surface area contributed by atoms with Crippen molar-refractivity contribution in [2.24, 2.45) is 47.3 Å². The lowest BCUT2D eigenvalue weighted by Gasteiger charge is -2.30. The van der Waals surface area contributed by atoms with Crippen LogP contribution in [-0.2, 0) is 14.4 Å². The summed E-state index contributed by atoms with van der Waals surface area (Å²) < 4.78 is 0. The minimum atomic E-state index is 0.668. The first-order valence-corrected chi connectivity index (χ1v) is 17.3. The van der Waals surface area contributed by atoms with Crippen molar-refractivity contribution in [2.45, 2.75) is 146 Å². The van der Waals surface area contributed by atoms with E-state index >= 15 is 0 Å². The fourth-order valence-electron chi connectivity index (χ4n) is 6.91. The van der Waals surface area contributed by atoms with E-state index < -0.39 is 0 Å². The summed E-state index contributed by atoms with van der Waals surface area (Å²) in [5, 5.41) is 0. The normalized spacial score (nSPS) is 26.0. The third kappa shape index (κ3) is 14.1. The zero-order chi connectivity index (χ0) is 31.7. The van der Waals surface area contributed by atoms with Crippen LogP contribution in [0, 0.1) is 47.3 Å². The Bertz CT molecular complexity index is 831. The number of rotatable bonds is 12. The van der Waals surface area contributed by atoms with Crippen molar-refractivity contribution < 1.29 is 14.4 Å². The van der Waals surface area contributed by atoms with Crippen LogP contribution in [0.25, 0.3) is 0 Å². The standard InChI is InChI=1S/3C13H22O/c3*1-10(2)12-7-6-11(3)13(9-12)5-4-8-14/h8,10,12H,4-7,9H2,1-3H3;2*6,8,10,12-13H,4-5,7,9H2,1-3H3/t12-;12-,13+;12-,13-/m000/s1. The molecule has 240 valence electrons. The number of aldehydes is 3. The molecule has 0 aromatic rings. The second kappa shape index (κ2) is 21.0. The lowest BCUT2D eigenvalue weighted by atomic mass is 9.75. The Balaban J connectivity index is 0.000000315. The first-order chi connectivity index (χ1) is 19.9. The Kier molecular flexibility index (Phi) is 19.1. The second-order valence-corrected chi connectivity index (χ2v) is 14.6. The van der Waals surface area contributed by atoms with Crippen LogP contribution in [0.2, 0.25) is 0 Å². The summed E-state index contributed by atoms with van der Waals surface area (Å²) >= 11 is 0. The fourth-order valence-corrected chi connectivity index (χ4v) is 6.91. The molecule has 0 N–H and O–H groups in total. The van der Waals surface area contributed by atoms with Gasteiger partial charge in [-0.1, -0.05) is 76.0 Å². The molecule has 0 amide bonds. The molecule has 42 heavy (non-hydrogen) atoms. The highest BCUT2D eigenvalue weighted by Gasteiger charge is 2.25. The number of hydrogen-bond donors (Lipinski definition) is 0. The highest BCUT2D eigenvalue weighted by molar-refractivity contribution is 5.50. The van der Waals surface area contributed by atoms with Crippen LogP contribution in [-0.4, -0.2) is 18.9 Å². The Hall–Kier alpha value is -1.77. The molecule has 0 aromatic carbocycles. The number of carbonyl (C=O) groups is 3. The van der Waals surface area contributed by atoms with Gasteiger partial charge in [0.2, 0.25) is 0 Å². The molecule has 0 fully saturated rings. The summed E-state index contributed by atoms with van der Waals surface area (Å²) in [6.07, 6.45) is 22.0. The van der Waals surface area contributed by atoms with Crippen molar-refractivity contribution in [3.8, 4) is 0 Å². The van der Waals surface area contributed by atoms with Gasteiger partial charge in [-0.3, -0.25) is 0 Å². The van der Waals surface area contributed by atoms with Gasteiger partial charge in [-0.05, 0) is 132 Å². The van der Waals surface area contributed by atoms with Gasteiger partial charge in [0.15, 0.2) is 0 Å². The van der Waals surface area contributed by atoms with Gasteiger partial charge in [-0.2, -0.15) is 0 Å². The van der Waals surface area contributed by atoms with Crippen LogP contribution >= 0.6 is 0 Å². The molecule has 0 unspecified atom stereocenters. The molecule has 0 saturated heterocycles. The van der Waals surface area contributed by atoms with Crippen molar-refractivity contribution >= 4 is 18.9 Å². The van der Waals surface area contributed by atoms with Gasteiger partial charge in [0, 0.05) is 19.3 Å². The molecule has 0 aliphatic heterocycles. The van der Waals surface area contributed by atoms with E-state index in [4.69, 9.17) is 0 Å². The summed E-state index contributed by atoms with van der Waals surface area (Å²) in [6.45, 7) is 20.5. The molecular weight excluding hydrogens is 516 g/mol. The molecule has 3 heteroatoms. The first-order valence-electron chi connectivity index (χ1n) is 17.3. The number of hydrogen-bond acceptors (Lipinski definition) is 3. The van der Waals surface area contributed by atoms with Crippen molar-refractivity contribution in [3.05, 3.63) is 34.4 Å². The van der Waals surface area contributed by atoms with Crippen molar-refractivity contribution in [2.75, 3.05) is 0 Å². The van der Waals surface area contributed by atoms with E-state index in [-0.39, 0.29) is 0 Å². The summed E-state index contributed by atoms with van der Waals surface area (Å²) in [6, 6.07) is 0. The van der Waals surface area contributed by atoms with Crippen LogP contribution in [0.15, 0.2) is 34.4 Å². The van der Waals surface area contributed by atoms with Crippen LogP contribution in [0.4, 0.5) is 0 Å². The molecule has 3 aliphatic rings. The molecular formula is C39H66O3. The van der Waals surface area contributed by atoms with E-state index in [0.29, 0.717) is 18.3 Å². The Morgan fingerprint density at radius 3 is 1.48 bits per heavy atom. The average molecular weight is 583 g/mol. The first kappa shape index (κ1) is 38.3. The molecule has 3 nitrogen and oxygen atoms in total. The molecule has 0 bridgehead atoms. The van der Waals surface area contributed by atoms with Gasteiger partial charge in [0.05, 0.1) is 0 Å². The predicted octanol–water partition coefficient (Wildman–Crippen LogP) is 10.9. The van der Waals surface area contributed by atoms with Gasteiger partial charge in [-0.15, -0.1) is 0 Å². The Labute approximate surface area is 260 Å². The fraction of sp³-hybridized carbons (Fsp3) is 0.769. The number of allylic oxidation sites excluding steroid dienone is 6. The zero-order valence-corrected chi connectivity index (χ0v) is 28.9. The van der Waals surface area contributed by atoms with Gasteiger partial charge >= 0.3 is 0 Å². The van der Waals surface area contributed by atoms with Gasteiger partial charge < -0.3 is 14.4 Å². The summed E-state index contributed by atoms with van der Waals surface area (Å²) in [5.41, 5.74) is 6.11. The van der Waals surface area contributed by atoms with Crippen molar-refractivity contribution in [1.29, 1.82) is 0 Å². The van der Waals surface area contributed by atoms with E-state index in [1.54, 1.807) is 11.1 Å². The zero-order valence-electron chi connectivity index (χ0n) is 28.9. The maximum absolute atomic E-state index is 10.4. The predicted molar refractivity (Wildman–Crippen MR) is 180 cm³/mol. The maximum atomic E-state index is 10.4. The molecule has 5 atom stereocenters. The van der Waals surface area contributed by atoms with E-state index in [1.165, 1.54) is 56.1 Å². The summed E-state index contributed by atoms with van der Waals surface area (Å²) in [5.74, 6) is 6.18. The lowest BCUT2D eigenvalue weighted by Crippen LogP contribution is -2.19. The minimum absolute atomic E-state index is 0.668. The summed E-state index contributed by atoms with van der Waals surface area (Å²) in [7, 11) is 0. The number of carbonyl (C=O) groups excluding carboxylic acids is 3. The highest BCUT2D eigenvalue weighted by atomic mass is 16.1. The SMILES string of the molecule is CC1=C(CCC=O)C[C@@H](C(C)C)CC1.CC1=CC[C@H](C(C)C)C[C@@H]1CCC=O.CC1=CC[C@H](C(C)C)C[C@H]1CCC=O. The third-order valence-corrected chi connectivity index (χ3v) is 10.6. The van der Waals surface area contributed by atoms with Crippen LogP contribution in [0.5, 0.6) is 0 Å². The molecule has 0 aromatic heterocycles. The van der Waals surface area contributed by atoms with Crippen molar-refractivity contribution in [1.82, 2.24) is 0 Å². The van der Waals surface area contributed by atoms with Crippen molar-refractivity contribution in [3.63, 3.8) is 0 Å². The Morgan fingerprint density at radius 2 is 1.10 bits per heavy atom. The van der Waals surface area contributed by atoms with Crippen LogP contribution in [0.3, 0.4) is 0 Å². The topological polar surface area (TPSA) is 51.2 Å². The molecule has 0 radical (unpaired) electrons. The molecule has 0 saturated carbocycles. The largest absolute Gasteiger partial charge is 0.303 e. The van der Waals surface area contributed by atoms with Crippen LogP contribution < -0.4 is 0 Å². The summed E-state index contributed by atoms with van der Waals surface area (Å²) in [4.78, 5) is 31.0. The lowest BCUT2D eigenvalue weighted by molar-refractivity contribution is -0.108. The van der Waals surface area contributed by atoms with Crippen LogP contribution in [0.1, 0.15) is 146 Å². The average Bonchev–Trinajstić information content (AvgIpc) is 2.96. The van der Waals surface area contributed by atoms with Gasteiger partial charge in [0.25, 0.3) is 0 Å². The quantitative estimate of drug-likeness (QED) is 0.170. The molecule has 3 rings (SSSR count). The van der Waals surface area contributed by atoms with E-state index in [9.17, 15) is 14.4 Å². The van der Waals surface area contributed by atoms with E-state index in [1.807, 2.05) is 0 Å². The maximum Gasteiger partial charge on any atom is 0.120 e. The monoisotopic (exact) mass is 583 g/mol. The minimum Gasteiger partial charge on any atom is -0.303 e. The third-order valence-electron chi connectivity index (χ3n) is 10.6. The molecule has 0 spiro atoms. The van der Waals surface area contributed by atoms with E-state index in [2.05, 4.69) is 74.5 Å². The Morgan fingerprint density at radius 1 is 0.667 bits per heavy atom. The second-order valence-electron chi connectivity index (χ2n) is 14.6.